The Bertz CT molecular complexity index is 718. The maximum Gasteiger partial charge on any atom is 0.145 e. The highest BCUT2D eigenvalue weighted by atomic mass is 16.5. The van der Waals surface area contributed by atoms with Crippen molar-refractivity contribution in [2.75, 3.05) is 7.11 Å². The van der Waals surface area contributed by atoms with Gasteiger partial charge in [-0.1, -0.05) is 6.92 Å². The lowest BCUT2D eigenvalue weighted by Gasteiger charge is -2.10. The summed E-state index contributed by atoms with van der Waals surface area (Å²) in [5.74, 6) is 2.77. The van der Waals surface area contributed by atoms with E-state index in [2.05, 4.69) is 16.9 Å². The van der Waals surface area contributed by atoms with E-state index in [9.17, 15) is 0 Å². The summed E-state index contributed by atoms with van der Waals surface area (Å²) in [5, 5.41) is 2.20. The van der Waals surface area contributed by atoms with Gasteiger partial charge in [0.2, 0.25) is 0 Å². The standard InChI is InChI=1S/C15H15N3O/c1-3-14-16-8-9-18(14)15-13-5-4-12(19-2)10-11(13)6-7-17-15/h4-10H,3H2,1-2H3. The van der Waals surface area contributed by atoms with Crippen LogP contribution < -0.4 is 4.74 Å². The van der Waals surface area contributed by atoms with Gasteiger partial charge in [0, 0.05) is 30.4 Å². The summed E-state index contributed by atoms with van der Waals surface area (Å²) in [6, 6.07) is 8.00. The summed E-state index contributed by atoms with van der Waals surface area (Å²) in [4.78, 5) is 8.85. The van der Waals surface area contributed by atoms with Gasteiger partial charge in [0.25, 0.3) is 0 Å². The summed E-state index contributed by atoms with van der Waals surface area (Å²) >= 11 is 0. The number of imidazole rings is 1. The molecule has 0 atom stereocenters. The van der Waals surface area contributed by atoms with Crippen LogP contribution in [0.2, 0.25) is 0 Å². The second kappa shape index (κ2) is 4.72. The van der Waals surface area contributed by atoms with E-state index in [1.54, 1.807) is 7.11 Å². The number of rotatable bonds is 3. The zero-order valence-corrected chi connectivity index (χ0v) is 11.0. The summed E-state index contributed by atoms with van der Waals surface area (Å²) in [6.07, 6.45) is 6.45. The second-order valence-corrected chi connectivity index (χ2v) is 4.29. The van der Waals surface area contributed by atoms with E-state index >= 15 is 0 Å². The minimum Gasteiger partial charge on any atom is -0.497 e. The van der Waals surface area contributed by atoms with Crippen molar-refractivity contribution in [1.29, 1.82) is 0 Å². The Morgan fingerprint density at radius 1 is 1.16 bits per heavy atom. The van der Waals surface area contributed by atoms with E-state index in [4.69, 9.17) is 4.74 Å². The first-order chi connectivity index (χ1) is 9.33. The molecule has 19 heavy (non-hydrogen) atoms. The second-order valence-electron chi connectivity index (χ2n) is 4.29. The first-order valence-electron chi connectivity index (χ1n) is 6.29. The Labute approximate surface area is 111 Å². The number of pyridine rings is 1. The van der Waals surface area contributed by atoms with Crippen LogP contribution in [0.1, 0.15) is 12.7 Å². The van der Waals surface area contributed by atoms with Crippen molar-refractivity contribution < 1.29 is 4.74 Å². The van der Waals surface area contributed by atoms with Crippen molar-refractivity contribution in [3.63, 3.8) is 0 Å². The molecule has 0 saturated heterocycles. The molecule has 0 spiro atoms. The molecule has 0 saturated carbocycles. The van der Waals surface area contributed by atoms with Crippen molar-refractivity contribution in [2.45, 2.75) is 13.3 Å². The zero-order valence-electron chi connectivity index (χ0n) is 11.0. The summed E-state index contributed by atoms with van der Waals surface area (Å²) < 4.78 is 7.29. The van der Waals surface area contributed by atoms with Crippen LogP contribution in [-0.4, -0.2) is 21.6 Å². The number of methoxy groups -OCH3 is 1. The van der Waals surface area contributed by atoms with Crippen molar-refractivity contribution in [2.24, 2.45) is 0 Å². The van der Waals surface area contributed by atoms with Crippen LogP contribution in [0, 0.1) is 0 Å². The van der Waals surface area contributed by atoms with Gasteiger partial charge in [-0.05, 0) is 29.7 Å². The number of nitrogens with zero attached hydrogens (tertiary/aromatic N) is 3. The molecule has 2 heterocycles. The number of aryl methyl sites for hydroxylation is 1. The first kappa shape index (κ1) is 11.7. The lowest BCUT2D eigenvalue weighted by Crippen LogP contribution is -2.02. The van der Waals surface area contributed by atoms with E-state index in [1.807, 2.05) is 47.4 Å². The summed E-state index contributed by atoms with van der Waals surface area (Å²) in [5.41, 5.74) is 0. The molecule has 2 aromatic heterocycles. The lowest BCUT2D eigenvalue weighted by atomic mass is 10.1. The Kier molecular flexibility index (Phi) is 2.91. The number of ether oxygens (including phenoxy) is 1. The predicted octanol–water partition coefficient (Wildman–Crippen LogP) is 2.99. The van der Waals surface area contributed by atoms with Crippen LogP contribution in [0.15, 0.2) is 42.9 Å². The molecule has 0 radical (unpaired) electrons. The third-order valence-electron chi connectivity index (χ3n) is 3.21. The molecule has 0 aliphatic rings. The van der Waals surface area contributed by atoms with Crippen LogP contribution in [-0.2, 0) is 6.42 Å². The molecule has 0 unspecified atom stereocenters. The molecular formula is C15H15N3O. The van der Waals surface area contributed by atoms with Crippen molar-refractivity contribution in [3.8, 4) is 11.6 Å². The molecule has 4 heteroatoms. The predicted molar refractivity (Wildman–Crippen MR) is 74.8 cm³/mol. The van der Waals surface area contributed by atoms with Crippen LogP contribution in [0.5, 0.6) is 5.75 Å². The molecule has 0 fully saturated rings. The largest absolute Gasteiger partial charge is 0.497 e. The van der Waals surface area contributed by atoms with Gasteiger partial charge in [-0.25, -0.2) is 9.97 Å². The molecule has 1 aromatic carbocycles. The molecule has 0 bridgehead atoms. The Hall–Kier alpha value is -2.36. The van der Waals surface area contributed by atoms with Crippen LogP contribution in [0.25, 0.3) is 16.6 Å². The fraction of sp³-hybridized carbons (Fsp3) is 0.200. The maximum absolute atomic E-state index is 5.26. The molecule has 4 nitrogen and oxygen atoms in total. The molecule has 3 rings (SSSR count). The van der Waals surface area contributed by atoms with E-state index in [1.165, 1.54) is 0 Å². The molecule has 0 aliphatic heterocycles. The fourth-order valence-corrected chi connectivity index (χ4v) is 2.25. The van der Waals surface area contributed by atoms with Gasteiger partial charge in [-0.3, -0.25) is 4.57 Å². The van der Waals surface area contributed by atoms with Crippen LogP contribution in [0.4, 0.5) is 0 Å². The van der Waals surface area contributed by atoms with Crippen LogP contribution in [0.3, 0.4) is 0 Å². The maximum atomic E-state index is 5.26. The zero-order chi connectivity index (χ0) is 13.2. The van der Waals surface area contributed by atoms with E-state index < -0.39 is 0 Å². The van der Waals surface area contributed by atoms with E-state index in [-0.39, 0.29) is 0 Å². The summed E-state index contributed by atoms with van der Waals surface area (Å²) in [7, 11) is 1.67. The highest BCUT2D eigenvalue weighted by Crippen LogP contribution is 2.25. The highest BCUT2D eigenvalue weighted by Gasteiger charge is 2.08. The van der Waals surface area contributed by atoms with Crippen LogP contribution >= 0.6 is 0 Å². The Balaban J connectivity index is 2.24. The SMILES string of the molecule is CCc1nccn1-c1nccc2cc(OC)ccc12. The quantitative estimate of drug-likeness (QED) is 0.720. The molecule has 0 N–H and O–H groups in total. The van der Waals surface area contributed by atoms with Gasteiger partial charge >= 0.3 is 0 Å². The molecule has 0 amide bonds. The number of aromatic nitrogens is 3. The van der Waals surface area contributed by atoms with Crippen molar-refractivity contribution in [1.82, 2.24) is 14.5 Å². The third-order valence-corrected chi connectivity index (χ3v) is 3.21. The molecular weight excluding hydrogens is 238 g/mol. The smallest absolute Gasteiger partial charge is 0.145 e. The number of benzene rings is 1. The molecule has 3 aromatic rings. The van der Waals surface area contributed by atoms with Gasteiger partial charge < -0.3 is 4.74 Å². The number of hydrogen-bond acceptors (Lipinski definition) is 3. The Morgan fingerprint density at radius 3 is 2.84 bits per heavy atom. The minimum absolute atomic E-state index is 0.853. The average molecular weight is 253 g/mol. The highest BCUT2D eigenvalue weighted by molar-refractivity contribution is 5.89. The van der Waals surface area contributed by atoms with E-state index in [0.29, 0.717) is 0 Å². The normalized spacial score (nSPS) is 10.8. The molecule has 96 valence electrons. The van der Waals surface area contributed by atoms with Gasteiger partial charge in [-0.15, -0.1) is 0 Å². The van der Waals surface area contributed by atoms with Crippen molar-refractivity contribution in [3.05, 3.63) is 48.7 Å². The Morgan fingerprint density at radius 2 is 2.05 bits per heavy atom. The lowest BCUT2D eigenvalue weighted by molar-refractivity contribution is 0.415. The monoisotopic (exact) mass is 253 g/mol. The first-order valence-corrected chi connectivity index (χ1v) is 6.29. The van der Waals surface area contributed by atoms with Gasteiger partial charge in [0.05, 0.1) is 7.11 Å². The average Bonchev–Trinajstić information content (AvgIpc) is 2.94. The third kappa shape index (κ3) is 1.95. The fourth-order valence-electron chi connectivity index (χ4n) is 2.25. The molecule has 0 aliphatic carbocycles. The number of hydrogen-bond donors (Lipinski definition) is 0. The topological polar surface area (TPSA) is 39.9 Å². The number of fused-ring (bicyclic) bond motifs is 1. The van der Waals surface area contributed by atoms with Gasteiger partial charge in [-0.2, -0.15) is 0 Å². The summed E-state index contributed by atoms with van der Waals surface area (Å²) in [6.45, 7) is 2.09. The van der Waals surface area contributed by atoms with Crippen molar-refractivity contribution >= 4 is 10.8 Å². The minimum atomic E-state index is 0.853. The van der Waals surface area contributed by atoms with E-state index in [0.717, 1.165) is 34.6 Å². The van der Waals surface area contributed by atoms with Gasteiger partial charge in [0.15, 0.2) is 0 Å². The van der Waals surface area contributed by atoms with Gasteiger partial charge in [0.1, 0.15) is 17.4 Å².